The molecule has 2 nitrogen and oxygen atoms in total. The van der Waals surface area contributed by atoms with E-state index in [1.807, 2.05) is 4.90 Å². The Morgan fingerprint density at radius 2 is 2.23 bits per heavy atom. The summed E-state index contributed by atoms with van der Waals surface area (Å²) in [6, 6.07) is 0. The molecule has 1 unspecified atom stereocenters. The van der Waals surface area contributed by atoms with Crippen LogP contribution in [0, 0.1) is 5.92 Å². The minimum absolute atomic E-state index is 0.122. The Kier molecular flexibility index (Phi) is 3.62. The van der Waals surface area contributed by atoms with Crippen LogP contribution in [0.3, 0.4) is 0 Å². The lowest BCUT2D eigenvalue weighted by atomic mass is 9.98. The van der Waals surface area contributed by atoms with E-state index in [4.69, 9.17) is 5.73 Å². The molecule has 1 aliphatic rings. The lowest BCUT2D eigenvalue weighted by Crippen LogP contribution is -2.43. The van der Waals surface area contributed by atoms with Crippen LogP contribution >= 0.6 is 0 Å². The minimum Gasteiger partial charge on any atom is -0.330 e. The zero-order valence-corrected chi connectivity index (χ0v) is 8.10. The molecule has 0 aromatic carbocycles. The first-order valence-electron chi connectivity index (χ1n) is 4.81. The molecule has 0 aliphatic carbocycles. The largest absolute Gasteiger partial charge is 0.330 e. The number of halogens is 2. The normalized spacial score (nSPS) is 26.3. The summed E-state index contributed by atoms with van der Waals surface area (Å²) in [5, 5.41) is 0. The Bertz CT molecular complexity index is 156. The summed E-state index contributed by atoms with van der Waals surface area (Å²) < 4.78 is 25.3. The molecule has 1 aliphatic heterocycles. The van der Waals surface area contributed by atoms with E-state index >= 15 is 0 Å². The number of alkyl halides is 2. The van der Waals surface area contributed by atoms with Gasteiger partial charge in [0.05, 0.1) is 6.54 Å². The molecule has 0 amide bonds. The summed E-state index contributed by atoms with van der Waals surface area (Å²) in [6.07, 6.45) is 2.08. The van der Waals surface area contributed by atoms with Gasteiger partial charge in [0.25, 0.3) is 5.92 Å². The molecule has 0 bridgehead atoms. The van der Waals surface area contributed by atoms with Crippen molar-refractivity contribution in [3.05, 3.63) is 0 Å². The van der Waals surface area contributed by atoms with Crippen LogP contribution in [0.2, 0.25) is 0 Å². The molecule has 1 saturated heterocycles. The van der Waals surface area contributed by atoms with Crippen molar-refractivity contribution in [1.82, 2.24) is 4.90 Å². The van der Waals surface area contributed by atoms with Gasteiger partial charge in [0, 0.05) is 13.5 Å². The Hall–Kier alpha value is -0.220. The zero-order valence-electron chi connectivity index (χ0n) is 8.10. The third kappa shape index (κ3) is 4.00. The molecule has 0 spiro atoms. The van der Waals surface area contributed by atoms with Crippen LogP contribution in [0.4, 0.5) is 8.78 Å². The first-order chi connectivity index (χ1) is 6.01. The number of hydrogen-bond acceptors (Lipinski definition) is 2. The number of piperidine rings is 1. The fourth-order valence-electron chi connectivity index (χ4n) is 1.88. The quantitative estimate of drug-likeness (QED) is 0.730. The molecule has 1 heterocycles. The molecule has 0 radical (unpaired) electrons. The van der Waals surface area contributed by atoms with Crippen molar-refractivity contribution >= 4 is 0 Å². The van der Waals surface area contributed by atoms with Gasteiger partial charge in [0.2, 0.25) is 0 Å². The van der Waals surface area contributed by atoms with Crippen molar-refractivity contribution in [2.75, 3.05) is 26.2 Å². The second-order valence-electron chi connectivity index (χ2n) is 4.05. The van der Waals surface area contributed by atoms with E-state index in [2.05, 4.69) is 0 Å². The van der Waals surface area contributed by atoms with Gasteiger partial charge in [-0.1, -0.05) is 0 Å². The minimum atomic E-state index is -2.57. The Morgan fingerprint density at radius 3 is 2.77 bits per heavy atom. The smallest absolute Gasteiger partial charge is 0.257 e. The van der Waals surface area contributed by atoms with E-state index in [-0.39, 0.29) is 6.54 Å². The third-order valence-corrected chi connectivity index (χ3v) is 2.44. The van der Waals surface area contributed by atoms with Crippen LogP contribution in [-0.4, -0.2) is 37.0 Å². The van der Waals surface area contributed by atoms with Gasteiger partial charge in [0.15, 0.2) is 0 Å². The topological polar surface area (TPSA) is 29.3 Å². The van der Waals surface area contributed by atoms with Gasteiger partial charge in [-0.2, -0.15) is 0 Å². The number of hydrogen-bond donors (Lipinski definition) is 1. The predicted octanol–water partition coefficient (Wildman–Crippen LogP) is 1.31. The van der Waals surface area contributed by atoms with Gasteiger partial charge in [-0.15, -0.1) is 0 Å². The van der Waals surface area contributed by atoms with E-state index < -0.39 is 5.92 Å². The average Bonchev–Trinajstić information content (AvgIpc) is 2.01. The zero-order chi connectivity index (χ0) is 9.90. The summed E-state index contributed by atoms with van der Waals surface area (Å²) in [7, 11) is 0. The first-order valence-corrected chi connectivity index (χ1v) is 4.81. The highest BCUT2D eigenvalue weighted by atomic mass is 19.3. The number of nitrogens with zero attached hydrogens (tertiary/aromatic N) is 1. The number of likely N-dealkylation sites (tertiary alicyclic amines) is 1. The maximum atomic E-state index is 12.7. The Balaban J connectivity index is 2.34. The van der Waals surface area contributed by atoms with Gasteiger partial charge in [-0.05, 0) is 31.8 Å². The second kappa shape index (κ2) is 4.33. The summed E-state index contributed by atoms with van der Waals surface area (Å²) in [6.45, 7) is 2.99. The molecule has 4 heteroatoms. The fraction of sp³-hybridized carbons (Fsp3) is 1.00. The van der Waals surface area contributed by atoms with Gasteiger partial charge in [-0.3, -0.25) is 4.90 Å². The highest BCUT2D eigenvalue weighted by Crippen LogP contribution is 2.20. The molecule has 2 N–H and O–H groups in total. The van der Waals surface area contributed by atoms with E-state index in [9.17, 15) is 8.78 Å². The van der Waals surface area contributed by atoms with Gasteiger partial charge >= 0.3 is 0 Å². The van der Waals surface area contributed by atoms with Crippen molar-refractivity contribution in [2.45, 2.75) is 25.7 Å². The highest BCUT2D eigenvalue weighted by Gasteiger charge is 2.28. The van der Waals surface area contributed by atoms with Gasteiger partial charge in [0.1, 0.15) is 0 Å². The molecule has 1 fully saturated rings. The van der Waals surface area contributed by atoms with Crippen LogP contribution in [0.15, 0.2) is 0 Å². The molecule has 0 aromatic heterocycles. The maximum Gasteiger partial charge on any atom is 0.257 e. The van der Waals surface area contributed by atoms with Crippen molar-refractivity contribution in [1.29, 1.82) is 0 Å². The van der Waals surface area contributed by atoms with Crippen LogP contribution in [-0.2, 0) is 0 Å². The van der Waals surface area contributed by atoms with E-state index in [1.54, 1.807) is 0 Å². The molecular formula is C9H18F2N2. The average molecular weight is 192 g/mol. The maximum absolute atomic E-state index is 12.7. The molecule has 0 saturated carbocycles. The van der Waals surface area contributed by atoms with Crippen LogP contribution < -0.4 is 5.73 Å². The number of rotatable bonds is 3. The second-order valence-corrected chi connectivity index (χ2v) is 4.05. The van der Waals surface area contributed by atoms with Crippen molar-refractivity contribution in [3.8, 4) is 0 Å². The lowest BCUT2D eigenvalue weighted by molar-refractivity contribution is -0.0238. The molecule has 0 aromatic rings. The fourth-order valence-corrected chi connectivity index (χ4v) is 1.88. The van der Waals surface area contributed by atoms with Crippen LogP contribution in [0.1, 0.15) is 19.8 Å². The summed E-state index contributed by atoms with van der Waals surface area (Å²) in [4.78, 5) is 1.82. The van der Waals surface area contributed by atoms with Crippen LogP contribution in [0.25, 0.3) is 0 Å². The first kappa shape index (κ1) is 10.9. The number of nitrogens with two attached hydrogens (primary N) is 1. The molecule has 13 heavy (non-hydrogen) atoms. The van der Waals surface area contributed by atoms with E-state index in [1.165, 1.54) is 0 Å². The Morgan fingerprint density at radius 1 is 1.54 bits per heavy atom. The van der Waals surface area contributed by atoms with Crippen molar-refractivity contribution in [3.63, 3.8) is 0 Å². The molecular weight excluding hydrogens is 174 g/mol. The lowest BCUT2D eigenvalue weighted by Gasteiger charge is -2.33. The van der Waals surface area contributed by atoms with Gasteiger partial charge in [-0.25, -0.2) is 8.78 Å². The third-order valence-electron chi connectivity index (χ3n) is 2.44. The highest BCUT2D eigenvalue weighted by molar-refractivity contribution is 4.76. The molecule has 78 valence electrons. The predicted molar refractivity (Wildman–Crippen MR) is 48.8 cm³/mol. The van der Waals surface area contributed by atoms with Crippen LogP contribution in [0.5, 0.6) is 0 Å². The molecule has 1 atom stereocenters. The Labute approximate surface area is 78.1 Å². The standard InChI is InChI=1S/C9H18F2N2/c1-9(10,11)7-13-4-2-3-8(5-12)6-13/h8H,2-7,12H2,1H3. The van der Waals surface area contributed by atoms with E-state index in [0.29, 0.717) is 12.5 Å². The van der Waals surface area contributed by atoms with Gasteiger partial charge < -0.3 is 5.73 Å². The monoisotopic (exact) mass is 192 g/mol. The van der Waals surface area contributed by atoms with Crippen molar-refractivity contribution in [2.24, 2.45) is 11.7 Å². The molecule has 1 rings (SSSR count). The summed E-state index contributed by atoms with van der Waals surface area (Å²) in [5.74, 6) is -2.16. The SMILES string of the molecule is CC(F)(F)CN1CCCC(CN)C1. The summed E-state index contributed by atoms with van der Waals surface area (Å²) in [5.41, 5.74) is 5.52. The van der Waals surface area contributed by atoms with Crippen molar-refractivity contribution < 1.29 is 8.78 Å². The summed E-state index contributed by atoms with van der Waals surface area (Å²) >= 11 is 0. The van der Waals surface area contributed by atoms with E-state index in [0.717, 1.165) is 32.9 Å².